The van der Waals surface area contributed by atoms with E-state index in [0.717, 1.165) is 0 Å². The number of nitrogens with zero attached hydrogens (tertiary/aromatic N) is 1. The van der Waals surface area contributed by atoms with E-state index in [1.165, 1.54) is 13.2 Å². The van der Waals surface area contributed by atoms with Crippen LogP contribution in [0, 0.1) is 5.92 Å². The van der Waals surface area contributed by atoms with Crippen LogP contribution in [0.25, 0.3) is 0 Å². The number of ether oxygens (including phenoxy) is 1. The quantitative estimate of drug-likeness (QED) is 0.756. The number of nitrogens with one attached hydrogen (secondary N) is 1. The van der Waals surface area contributed by atoms with E-state index in [4.69, 9.17) is 14.4 Å². The summed E-state index contributed by atoms with van der Waals surface area (Å²) in [6, 6.07) is 1.20. The molecule has 7 nitrogen and oxygen atoms in total. The van der Waals surface area contributed by atoms with Crippen LogP contribution < -0.4 is 5.32 Å². The highest BCUT2D eigenvalue weighted by atomic mass is 16.5. The molecule has 0 saturated carbocycles. The van der Waals surface area contributed by atoms with Gasteiger partial charge in [0.2, 0.25) is 0 Å². The lowest BCUT2D eigenvalue weighted by Gasteiger charge is -2.10. The first kappa shape index (κ1) is 13.3. The molecule has 1 aromatic rings. The number of carboxylic acids is 1. The van der Waals surface area contributed by atoms with E-state index < -0.39 is 17.8 Å². The summed E-state index contributed by atoms with van der Waals surface area (Å²) in [6.07, 6.45) is 3.60. The molecular weight excluding hydrogens is 252 g/mol. The van der Waals surface area contributed by atoms with E-state index in [2.05, 4.69) is 10.5 Å². The Bertz CT molecular complexity index is 508. The van der Waals surface area contributed by atoms with Gasteiger partial charge in [-0.25, -0.2) is 0 Å². The summed E-state index contributed by atoms with van der Waals surface area (Å²) in [6.45, 7) is 0.241. The van der Waals surface area contributed by atoms with Gasteiger partial charge in [0.15, 0.2) is 11.5 Å². The number of carbonyl (C=O) groups is 2. The van der Waals surface area contributed by atoms with Crippen molar-refractivity contribution in [2.75, 3.05) is 7.11 Å². The molecule has 0 saturated heterocycles. The summed E-state index contributed by atoms with van der Waals surface area (Å²) >= 11 is 0. The number of hydrogen-bond donors (Lipinski definition) is 2. The van der Waals surface area contributed by atoms with Gasteiger partial charge in [0, 0.05) is 19.2 Å². The summed E-state index contributed by atoms with van der Waals surface area (Å²) < 4.78 is 9.75. The van der Waals surface area contributed by atoms with Crippen LogP contribution in [-0.2, 0) is 16.1 Å². The highest BCUT2D eigenvalue weighted by molar-refractivity contribution is 5.92. The van der Waals surface area contributed by atoms with E-state index in [0.29, 0.717) is 12.2 Å². The van der Waals surface area contributed by atoms with E-state index in [-0.39, 0.29) is 18.3 Å². The molecule has 1 aliphatic rings. The van der Waals surface area contributed by atoms with Gasteiger partial charge in [-0.05, 0) is 6.42 Å². The molecular formula is C12H14N2O5. The number of methoxy groups -OCH3 is 1. The number of amides is 1. The molecule has 0 bridgehead atoms. The first-order chi connectivity index (χ1) is 9.10. The fraction of sp³-hybridized carbons (Fsp3) is 0.417. The Morgan fingerprint density at radius 1 is 1.58 bits per heavy atom. The topological polar surface area (TPSA) is 102 Å². The van der Waals surface area contributed by atoms with E-state index in [9.17, 15) is 9.59 Å². The van der Waals surface area contributed by atoms with Gasteiger partial charge in [-0.2, -0.15) is 0 Å². The van der Waals surface area contributed by atoms with Gasteiger partial charge in [-0.1, -0.05) is 17.3 Å². The second-order valence-electron chi connectivity index (χ2n) is 4.26. The fourth-order valence-corrected chi connectivity index (χ4v) is 1.86. The average Bonchev–Trinajstić information content (AvgIpc) is 2.98. The van der Waals surface area contributed by atoms with Gasteiger partial charge in [0.05, 0.1) is 5.92 Å². The highest BCUT2D eigenvalue weighted by Crippen LogP contribution is 2.18. The van der Waals surface area contributed by atoms with Gasteiger partial charge in [-0.15, -0.1) is 0 Å². The van der Waals surface area contributed by atoms with Crippen LogP contribution in [0.3, 0.4) is 0 Å². The van der Waals surface area contributed by atoms with Crippen LogP contribution in [0.1, 0.15) is 22.7 Å². The molecule has 1 amide bonds. The molecule has 7 heteroatoms. The maximum Gasteiger partial charge on any atom is 0.310 e. The third kappa shape index (κ3) is 3.19. The molecule has 1 heterocycles. The number of aromatic nitrogens is 1. The molecule has 2 atom stereocenters. The van der Waals surface area contributed by atoms with Crippen LogP contribution in [-0.4, -0.2) is 35.3 Å². The lowest BCUT2D eigenvalue weighted by atomic mass is 10.1. The first-order valence-corrected chi connectivity index (χ1v) is 5.76. The van der Waals surface area contributed by atoms with Crippen molar-refractivity contribution in [1.29, 1.82) is 0 Å². The molecule has 1 aromatic heterocycles. The number of hydrogen-bond acceptors (Lipinski definition) is 5. The predicted molar refractivity (Wildman–Crippen MR) is 63.4 cm³/mol. The van der Waals surface area contributed by atoms with Gasteiger partial charge in [0.1, 0.15) is 6.61 Å². The Morgan fingerprint density at radius 2 is 2.37 bits per heavy atom. The normalized spacial score (nSPS) is 21.5. The monoisotopic (exact) mass is 266 g/mol. The molecule has 0 spiro atoms. The Morgan fingerprint density at radius 3 is 3.00 bits per heavy atom. The van der Waals surface area contributed by atoms with Crippen LogP contribution in [0.15, 0.2) is 22.7 Å². The maximum atomic E-state index is 11.8. The summed E-state index contributed by atoms with van der Waals surface area (Å²) in [5, 5.41) is 15.1. The van der Waals surface area contributed by atoms with E-state index in [1.54, 1.807) is 12.2 Å². The molecule has 0 aromatic carbocycles. The molecule has 0 fully saturated rings. The lowest BCUT2D eigenvalue weighted by Crippen LogP contribution is -2.33. The summed E-state index contributed by atoms with van der Waals surface area (Å²) in [7, 11) is 1.51. The van der Waals surface area contributed by atoms with Gasteiger partial charge in [-0.3, -0.25) is 9.59 Å². The van der Waals surface area contributed by atoms with Crippen molar-refractivity contribution < 1.29 is 24.0 Å². The Kier molecular flexibility index (Phi) is 3.96. The van der Waals surface area contributed by atoms with Crippen LogP contribution in [0.5, 0.6) is 0 Å². The molecule has 0 radical (unpaired) electrons. The smallest absolute Gasteiger partial charge is 0.310 e. The van der Waals surface area contributed by atoms with Crippen LogP contribution in [0.4, 0.5) is 0 Å². The fourth-order valence-electron chi connectivity index (χ4n) is 1.86. The molecule has 0 aliphatic heterocycles. The van der Waals surface area contributed by atoms with Crippen molar-refractivity contribution in [2.24, 2.45) is 5.92 Å². The van der Waals surface area contributed by atoms with Crippen LogP contribution >= 0.6 is 0 Å². The lowest BCUT2D eigenvalue weighted by molar-refractivity contribution is -0.140. The zero-order valence-electron chi connectivity index (χ0n) is 10.3. The second kappa shape index (κ2) is 5.66. The zero-order valence-corrected chi connectivity index (χ0v) is 10.3. The minimum Gasteiger partial charge on any atom is -0.481 e. The Hall–Kier alpha value is -2.15. The summed E-state index contributed by atoms with van der Waals surface area (Å²) in [5.41, 5.74) is 0.152. The number of rotatable bonds is 5. The summed E-state index contributed by atoms with van der Waals surface area (Å²) in [4.78, 5) is 22.6. The largest absolute Gasteiger partial charge is 0.481 e. The molecule has 2 N–H and O–H groups in total. The predicted octanol–water partition coefficient (Wildman–Crippen LogP) is 0.580. The SMILES string of the molecule is COCc1cc(C(=O)NC2C=CC(C(=O)O)C2)no1. The van der Waals surface area contributed by atoms with Gasteiger partial charge < -0.3 is 19.7 Å². The van der Waals surface area contributed by atoms with Crippen molar-refractivity contribution >= 4 is 11.9 Å². The number of carbonyl (C=O) groups excluding carboxylic acids is 1. The zero-order chi connectivity index (χ0) is 13.8. The highest BCUT2D eigenvalue weighted by Gasteiger charge is 2.26. The molecule has 2 unspecified atom stereocenters. The molecule has 19 heavy (non-hydrogen) atoms. The van der Waals surface area contributed by atoms with Crippen molar-refractivity contribution in [1.82, 2.24) is 10.5 Å². The van der Waals surface area contributed by atoms with Crippen molar-refractivity contribution in [3.63, 3.8) is 0 Å². The average molecular weight is 266 g/mol. The van der Waals surface area contributed by atoms with E-state index >= 15 is 0 Å². The molecule has 1 aliphatic carbocycles. The van der Waals surface area contributed by atoms with Crippen molar-refractivity contribution in [3.8, 4) is 0 Å². The van der Waals surface area contributed by atoms with Gasteiger partial charge >= 0.3 is 5.97 Å². The standard InChI is InChI=1S/C12H14N2O5/c1-18-6-9-5-10(14-19-9)11(15)13-8-3-2-7(4-8)12(16)17/h2-3,5,7-8H,4,6H2,1H3,(H,13,15)(H,16,17). The minimum atomic E-state index is -0.892. The maximum absolute atomic E-state index is 11.8. The second-order valence-corrected chi connectivity index (χ2v) is 4.26. The Balaban J connectivity index is 1.91. The summed E-state index contributed by atoms with van der Waals surface area (Å²) in [5.74, 6) is -1.38. The van der Waals surface area contributed by atoms with Crippen LogP contribution in [0.2, 0.25) is 0 Å². The molecule has 102 valence electrons. The Labute approximate surface area is 109 Å². The van der Waals surface area contributed by atoms with E-state index in [1.807, 2.05) is 0 Å². The minimum absolute atomic E-state index is 0.152. The van der Waals surface area contributed by atoms with Crippen molar-refractivity contribution in [3.05, 3.63) is 29.7 Å². The number of aliphatic carboxylic acids is 1. The van der Waals surface area contributed by atoms with Crippen molar-refractivity contribution in [2.45, 2.75) is 19.1 Å². The molecule has 2 rings (SSSR count). The third-order valence-corrected chi connectivity index (χ3v) is 2.80. The van der Waals surface area contributed by atoms with Gasteiger partial charge in [0.25, 0.3) is 5.91 Å². The first-order valence-electron chi connectivity index (χ1n) is 5.76. The number of carboxylic acid groups (broad SMARTS) is 1. The third-order valence-electron chi connectivity index (χ3n) is 2.80.